The van der Waals surface area contributed by atoms with E-state index in [1.165, 1.54) is 4.90 Å². The van der Waals surface area contributed by atoms with Gasteiger partial charge >= 0.3 is 18.2 Å². The predicted octanol–water partition coefficient (Wildman–Crippen LogP) is 6.25. The number of methoxy groups -OCH3 is 3. The van der Waals surface area contributed by atoms with E-state index in [0.717, 1.165) is 124 Å². The van der Waals surface area contributed by atoms with Crippen LogP contribution < -0.4 is 35.9 Å². The van der Waals surface area contributed by atoms with E-state index in [9.17, 15) is 52.7 Å². The molecule has 0 spiro atoms. The molecule has 0 saturated carbocycles. The number of imide groups is 2. The van der Waals surface area contributed by atoms with Crippen LogP contribution in [0.4, 0.5) is 9.59 Å². The quantitative estimate of drug-likeness (QED) is 0.0145. The number of benzene rings is 5. The van der Waals surface area contributed by atoms with Crippen molar-refractivity contribution in [1.29, 1.82) is 0 Å². The molecule has 5 N–H and O–H groups in total. The van der Waals surface area contributed by atoms with Crippen LogP contribution in [0, 0.1) is 0 Å². The number of carbonyl (C=O) groups excluding carboxylic acids is 11. The molecule has 5 aromatic carbocycles. The van der Waals surface area contributed by atoms with Crippen LogP contribution in [0.5, 0.6) is 17.2 Å². The maximum atomic E-state index is 13.6. The van der Waals surface area contributed by atoms with Gasteiger partial charge in [-0.2, -0.15) is 0 Å². The van der Waals surface area contributed by atoms with E-state index in [-0.39, 0.29) is 100 Å². The minimum Gasteiger partial charge on any atom is -0.491 e. The van der Waals surface area contributed by atoms with Crippen molar-refractivity contribution in [3.63, 3.8) is 0 Å². The van der Waals surface area contributed by atoms with E-state index in [1.54, 1.807) is 67.8 Å². The van der Waals surface area contributed by atoms with Crippen LogP contribution >= 0.6 is 0 Å². The van der Waals surface area contributed by atoms with Gasteiger partial charge in [-0.1, -0.05) is 78.9 Å². The van der Waals surface area contributed by atoms with Crippen molar-refractivity contribution in [2.75, 3.05) is 199 Å². The maximum Gasteiger partial charge on any atom is 0.410 e. The second-order valence-electron chi connectivity index (χ2n) is 34.0. The first-order chi connectivity index (χ1) is 63.0. The Kier molecular flexibility index (Phi) is 39.3. The Morgan fingerprint density at radius 2 is 0.846 bits per heavy atom. The predicted molar refractivity (Wildman–Crippen MR) is 477 cm³/mol. The fourth-order valence-corrected chi connectivity index (χ4v) is 16.9. The second-order valence-corrected chi connectivity index (χ2v) is 34.0. The van der Waals surface area contributed by atoms with E-state index in [0.29, 0.717) is 184 Å². The molecular formula is C95H130N12O23. The van der Waals surface area contributed by atoms with Crippen molar-refractivity contribution >= 4 is 65.4 Å². The van der Waals surface area contributed by atoms with Gasteiger partial charge < -0.3 is 107 Å². The maximum absolute atomic E-state index is 13.6. The zero-order chi connectivity index (χ0) is 92.3. The molecule has 13 rings (SSSR count). The Bertz CT molecular complexity index is 4610. The molecule has 5 aromatic rings. The van der Waals surface area contributed by atoms with Gasteiger partial charge in [-0.25, -0.2) is 9.59 Å². The minimum atomic E-state index is -0.990. The number of amides is 10. The number of hydrogen-bond donors (Lipinski definition) is 4. The highest BCUT2D eigenvalue weighted by atomic mass is 16.6. The van der Waals surface area contributed by atoms with Crippen LogP contribution in [0.25, 0.3) is 0 Å². The molecule has 0 aromatic heterocycles. The number of esters is 1. The standard InChI is InChI=1S/C37H52N4O9.C33H42N4O8.C25H36N4O6/c1-37(2,3)50-32(42)14-13-31(34(38)43)41-25-30-29(35(41)44)12-11-28(33(30)48-24-23-47-22-21-46-4)15-18-39-16-8-17-40(20-19-39)36(45)49-26-27-9-6-5-7-10-27;1-42-18-19-43-20-21-44-30-25(8-9-26-27(30)22-37(32(26)40)28-10-11-29(38)34-31(28)39)12-15-35-13-5-14-36(17-16-35)33(41)45-23-24-6-3-2-4-7-24;1-33-13-14-34-15-16-35-23-18(7-11-28-10-2-8-26-9-12-28)3-4-19-20(23)17-29(25(19)32)21-5-6-22(30)27-24(21)31/h5-7,9-12,31H,8,13-26H2,1-4H3,(H2,38,43);2-4,6-9,28H,5,10-23H2,1H3,(H,34,38,39);3-4,21,26H,2,5-17H2,1H3,(H,27,30,31)/t31-;28-;21-/m100/s1. The van der Waals surface area contributed by atoms with Crippen LogP contribution in [-0.4, -0.2) is 327 Å². The third-order valence-corrected chi connectivity index (χ3v) is 23.8. The lowest BCUT2D eigenvalue weighted by Gasteiger charge is -2.29. The monoisotopic (exact) mass is 1810 g/mol. The van der Waals surface area contributed by atoms with E-state index >= 15 is 0 Å². The highest BCUT2D eigenvalue weighted by Crippen LogP contribution is 2.41. The molecular weight excluding hydrogens is 1680 g/mol. The molecule has 130 heavy (non-hydrogen) atoms. The van der Waals surface area contributed by atoms with Crippen molar-refractivity contribution in [3.05, 3.63) is 158 Å². The number of carbonyl (C=O) groups is 11. The molecule has 0 unspecified atom stereocenters. The van der Waals surface area contributed by atoms with Crippen molar-refractivity contribution < 1.29 is 110 Å². The fraction of sp³-hybridized carbons (Fsp3) is 0.568. The SMILES string of the molecule is COCCOCCOc1c(CCN2CCCN(C(=O)OCc3ccccc3)CC2)ccc2c1CN([C@H](CCC(=O)OC(C)(C)C)C(N)=O)C2=O.COCCOCCOc1c(CCN2CCCN(C(=O)OCc3ccccc3)CC2)ccc2c1CN([C@H]1CCC(=O)NC1=O)C2=O.COCCOCCOc1c(CCN2CCCNCC2)ccc2c1CN([C@H]1CCC(=O)NC1=O)C2=O. The van der Waals surface area contributed by atoms with Crippen LogP contribution in [0.15, 0.2) is 97.1 Å². The Hall–Kier alpha value is -10.7. The van der Waals surface area contributed by atoms with Gasteiger partial charge in [0, 0.05) is 146 Å². The summed E-state index contributed by atoms with van der Waals surface area (Å²) in [7, 11) is 4.85. The summed E-state index contributed by atoms with van der Waals surface area (Å²) in [5, 5.41) is 8.15. The summed E-state index contributed by atoms with van der Waals surface area (Å²) in [6.45, 7) is 23.2. The number of primary amides is 1. The number of rotatable bonds is 41. The van der Waals surface area contributed by atoms with Gasteiger partial charge in [-0.3, -0.25) is 53.8 Å². The molecule has 8 heterocycles. The molecule has 0 radical (unpaired) electrons. The van der Waals surface area contributed by atoms with Crippen molar-refractivity contribution in [1.82, 2.24) is 55.1 Å². The van der Waals surface area contributed by atoms with Crippen molar-refractivity contribution in [2.24, 2.45) is 5.73 Å². The number of ether oxygens (including phenoxy) is 12. The van der Waals surface area contributed by atoms with E-state index in [4.69, 9.17) is 62.6 Å². The zero-order valence-electron chi connectivity index (χ0n) is 76.1. The van der Waals surface area contributed by atoms with Crippen LogP contribution in [0.1, 0.15) is 154 Å². The van der Waals surface area contributed by atoms with Crippen molar-refractivity contribution in [2.45, 2.75) is 154 Å². The summed E-state index contributed by atoms with van der Waals surface area (Å²) >= 11 is 0. The van der Waals surface area contributed by atoms with Gasteiger partial charge in [0.2, 0.25) is 29.5 Å². The topological polar surface area (TPSA) is 387 Å². The molecule has 8 aliphatic rings. The molecule has 5 fully saturated rings. The Morgan fingerprint density at radius 1 is 0.446 bits per heavy atom. The van der Waals surface area contributed by atoms with Gasteiger partial charge in [0.15, 0.2) is 0 Å². The highest BCUT2D eigenvalue weighted by Gasteiger charge is 2.44. The summed E-state index contributed by atoms with van der Waals surface area (Å²) in [4.78, 5) is 154. The summed E-state index contributed by atoms with van der Waals surface area (Å²) < 4.78 is 67.2. The number of hydrogen-bond acceptors (Lipinski definition) is 27. The lowest BCUT2D eigenvalue weighted by Crippen LogP contribution is -2.52. The van der Waals surface area contributed by atoms with Gasteiger partial charge in [-0.15, -0.1) is 0 Å². The highest BCUT2D eigenvalue weighted by molar-refractivity contribution is 6.07. The smallest absolute Gasteiger partial charge is 0.410 e. The van der Waals surface area contributed by atoms with E-state index in [1.807, 2.05) is 91.0 Å². The van der Waals surface area contributed by atoms with Gasteiger partial charge in [0.05, 0.1) is 79.1 Å². The first-order valence-corrected chi connectivity index (χ1v) is 45.4. The molecule has 0 aliphatic carbocycles. The van der Waals surface area contributed by atoms with Crippen molar-refractivity contribution in [3.8, 4) is 17.2 Å². The molecule has 3 atom stereocenters. The molecule has 708 valence electrons. The average Bonchev–Trinajstić information content (AvgIpc) is 1.62. The molecule has 0 bridgehead atoms. The number of piperidine rings is 2. The average molecular weight is 1810 g/mol. The van der Waals surface area contributed by atoms with Crippen LogP contribution in [0.2, 0.25) is 0 Å². The number of fused-ring (bicyclic) bond motifs is 3. The summed E-state index contributed by atoms with van der Waals surface area (Å²) in [6, 6.07) is 28.2. The van der Waals surface area contributed by atoms with Gasteiger partial charge in [0.1, 0.15) is 74.0 Å². The Balaban J connectivity index is 0.000000191. The second kappa shape index (κ2) is 51.2. The fourth-order valence-electron chi connectivity index (χ4n) is 16.9. The third-order valence-electron chi connectivity index (χ3n) is 23.8. The normalized spacial score (nSPS) is 18.3. The number of nitrogens with one attached hydrogen (secondary N) is 3. The van der Waals surface area contributed by atoms with Crippen LogP contribution in [-0.2, 0) is 124 Å². The lowest BCUT2D eigenvalue weighted by molar-refractivity contribution is -0.155. The molecule has 35 nitrogen and oxygen atoms in total. The Labute approximate surface area is 761 Å². The van der Waals surface area contributed by atoms with E-state index in [2.05, 4.69) is 30.7 Å². The molecule has 35 heteroatoms. The lowest BCUT2D eigenvalue weighted by atomic mass is 10.0. The molecule has 8 aliphatic heterocycles. The summed E-state index contributed by atoms with van der Waals surface area (Å²) in [5.41, 5.74) is 13.7. The largest absolute Gasteiger partial charge is 0.491 e. The summed E-state index contributed by atoms with van der Waals surface area (Å²) in [5.74, 6) is -1.44. The van der Waals surface area contributed by atoms with Crippen LogP contribution in [0.3, 0.4) is 0 Å². The van der Waals surface area contributed by atoms with E-state index < -0.39 is 47.4 Å². The Morgan fingerprint density at radius 3 is 1.25 bits per heavy atom. The third kappa shape index (κ3) is 29.4. The van der Waals surface area contributed by atoms with Gasteiger partial charge in [-0.05, 0) is 151 Å². The molecule has 5 saturated heterocycles. The van der Waals surface area contributed by atoms with Gasteiger partial charge in [0.25, 0.3) is 17.7 Å². The zero-order valence-corrected chi connectivity index (χ0v) is 76.1. The number of nitrogens with zero attached hydrogens (tertiary/aromatic N) is 8. The number of nitrogens with two attached hydrogens (primary N) is 1. The first kappa shape index (κ1) is 99.8. The minimum absolute atomic E-state index is 0.0478. The molecule has 10 amide bonds. The first-order valence-electron chi connectivity index (χ1n) is 45.4. The summed E-state index contributed by atoms with van der Waals surface area (Å²) in [6.07, 6.45) is 5.34.